The van der Waals surface area contributed by atoms with Gasteiger partial charge in [0.1, 0.15) is 7.05 Å². The van der Waals surface area contributed by atoms with Gasteiger partial charge >= 0.3 is 0 Å². The molecule has 2 aliphatic rings. The monoisotopic (exact) mass is 388 g/mol. The standard InChI is InChI=1S/C29H26N/c1-17-13-26(30(4)16-18(17)2)27-19(3)24-14-20-9-5-7-11-22(20)28(24)29-23-12-8-6-10-21(23)15-25(27)29/h5-13,16H,14-15H2,1-4H3/q+1. The fourth-order valence-corrected chi connectivity index (χ4v) is 5.68. The largest absolute Gasteiger partial charge is 0.213 e. The fourth-order valence-electron chi connectivity index (χ4n) is 5.68. The molecule has 1 heteroatoms. The highest BCUT2D eigenvalue weighted by Gasteiger charge is 2.35. The van der Waals surface area contributed by atoms with Crippen LogP contribution in [0.4, 0.5) is 0 Å². The van der Waals surface area contributed by atoms with Gasteiger partial charge in [-0.3, -0.25) is 0 Å². The van der Waals surface area contributed by atoms with Crippen molar-refractivity contribution in [3.05, 3.63) is 99.7 Å². The molecule has 146 valence electrons. The quantitative estimate of drug-likeness (QED) is 0.293. The average Bonchev–Trinajstić information content (AvgIpc) is 3.30. The summed E-state index contributed by atoms with van der Waals surface area (Å²) in [6, 6.07) is 20.4. The second-order valence-electron chi connectivity index (χ2n) is 9.01. The third kappa shape index (κ3) is 2.26. The minimum atomic E-state index is 1.02. The van der Waals surface area contributed by atoms with Crippen molar-refractivity contribution >= 4 is 0 Å². The smallest absolute Gasteiger partial charge is 0.201 e. The Kier molecular flexibility index (Phi) is 3.62. The summed E-state index contributed by atoms with van der Waals surface area (Å²) in [7, 11) is 2.19. The molecule has 30 heavy (non-hydrogen) atoms. The molecule has 1 heterocycles. The van der Waals surface area contributed by atoms with Crippen LogP contribution in [0.2, 0.25) is 0 Å². The Labute approximate surface area is 178 Å². The van der Waals surface area contributed by atoms with Crippen LogP contribution in [0.5, 0.6) is 0 Å². The van der Waals surface area contributed by atoms with E-state index in [-0.39, 0.29) is 0 Å². The third-order valence-corrected chi connectivity index (χ3v) is 7.29. The summed E-state index contributed by atoms with van der Waals surface area (Å²) in [5.41, 5.74) is 18.7. The first kappa shape index (κ1) is 17.7. The van der Waals surface area contributed by atoms with E-state index in [1.807, 2.05) is 0 Å². The SMILES string of the molecule is Cc1cc(-c2c(C)c3c(c4c2Cc2ccccc2-4)-c2ccccc2C3)[n+](C)cc1C. The van der Waals surface area contributed by atoms with Crippen LogP contribution in [0.15, 0.2) is 60.8 Å². The lowest BCUT2D eigenvalue weighted by atomic mass is 9.85. The molecule has 0 bridgehead atoms. The average molecular weight is 389 g/mol. The summed E-state index contributed by atoms with van der Waals surface area (Å²) < 4.78 is 2.32. The van der Waals surface area contributed by atoms with E-state index in [0.717, 1.165) is 12.8 Å². The first-order chi connectivity index (χ1) is 14.5. The highest BCUT2D eigenvalue weighted by Crippen LogP contribution is 2.53. The Morgan fingerprint density at radius 1 is 0.667 bits per heavy atom. The number of benzene rings is 3. The van der Waals surface area contributed by atoms with Crippen LogP contribution in [0.3, 0.4) is 0 Å². The molecular formula is C29H26N+. The van der Waals surface area contributed by atoms with Gasteiger partial charge in [-0.15, -0.1) is 0 Å². The molecule has 0 N–H and O–H groups in total. The molecule has 0 amide bonds. The number of nitrogens with zero attached hydrogens (tertiary/aromatic N) is 1. The normalized spacial score (nSPS) is 13.1. The van der Waals surface area contributed by atoms with Crippen molar-refractivity contribution in [1.82, 2.24) is 0 Å². The molecule has 0 saturated heterocycles. The number of aromatic nitrogens is 1. The van der Waals surface area contributed by atoms with Crippen LogP contribution in [0, 0.1) is 20.8 Å². The molecule has 0 fully saturated rings. The molecule has 1 aromatic heterocycles. The predicted octanol–water partition coefficient (Wildman–Crippen LogP) is 6.25. The number of hydrogen-bond acceptors (Lipinski definition) is 0. The molecule has 3 aromatic carbocycles. The van der Waals surface area contributed by atoms with E-state index in [9.17, 15) is 0 Å². The minimum absolute atomic E-state index is 1.02. The molecule has 0 radical (unpaired) electrons. The van der Waals surface area contributed by atoms with E-state index in [0.29, 0.717) is 0 Å². The molecule has 4 aromatic rings. The van der Waals surface area contributed by atoms with E-state index >= 15 is 0 Å². The molecule has 1 nitrogen and oxygen atoms in total. The molecule has 0 atom stereocenters. The van der Waals surface area contributed by atoms with E-state index < -0.39 is 0 Å². The van der Waals surface area contributed by atoms with Crippen molar-refractivity contribution in [2.45, 2.75) is 33.6 Å². The van der Waals surface area contributed by atoms with Crippen molar-refractivity contribution in [2.75, 3.05) is 0 Å². The number of aryl methyl sites for hydroxylation is 3. The lowest BCUT2D eigenvalue weighted by Gasteiger charge is -2.18. The van der Waals surface area contributed by atoms with Crippen LogP contribution in [-0.2, 0) is 19.9 Å². The number of pyridine rings is 1. The Morgan fingerprint density at radius 3 is 1.90 bits per heavy atom. The molecular weight excluding hydrogens is 362 g/mol. The molecule has 0 unspecified atom stereocenters. The van der Waals surface area contributed by atoms with Crippen LogP contribution in [-0.4, -0.2) is 0 Å². The first-order valence-corrected chi connectivity index (χ1v) is 10.9. The maximum absolute atomic E-state index is 2.38. The van der Waals surface area contributed by atoms with Gasteiger partial charge in [-0.05, 0) is 89.2 Å². The van der Waals surface area contributed by atoms with E-state index in [4.69, 9.17) is 0 Å². The molecule has 2 aliphatic carbocycles. The Morgan fingerprint density at radius 2 is 1.23 bits per heavy atom. The van der Waals surface area contributed by atoms with Crippen LogP contribution in [0.1, 0.15) is 38.9 Å². The van der Waals surface area contributed by atoms with Gasteiger partial charge in [-0.2, -0.15) is 0 Å². The summed E-state index contributed by atoms with van der Waals surface area (Å²) in [4.78, 5) is 0. The fraction of sp³-hybridized carbons (Fsp3) is 0.207. The second kappa shape index (κ2) is 6.15. The topological polar surface area (TPSA) is 3.88 Å². The van der Waals surface area contributed by atoms with Gasteiger partial charge in [0.15, 0.2) is 6.20 Å². The van der Waals surface area contributed by atoms with Gasteiger partial charge in [-0.25, -0.2) is 4.57 Å². The molecule has 0 spiro atoms. The lowest BCUT2D eigenvalue weighted by Crippen LogP contribution is -2.32. The zero-order valence-corrected chi connectivity index (χ0v) is 18.1. The van der Waals surface area contributed by atoms with Crippen molar-refractivity contribution in [1.29, 1.82) is 0 Å². The number of fused-ring (bicyclic) bond motifs is 7. The maximum atomic E-state index is 2.38. The second-order valence-corrected chi connectivity index (χ2v) is 9.01. The Balaban J connectivity index is 1.76. The lowest BCUT2D eigenvalue weighted by molar-refractivity contribution is -0.660. The summed E-state index contributed by atoms with van der Waals surface area (Å²) in [6.45, 7) is 6.77. The van der Waals surface area contributed by atoms with Gasteiger partial charge < -0.3 is 0 Å². The maximum Gasteiger partial charge on any atom is 0.213 e. The van der Waals surface area contributed by atoms with Crippen LogP contribution >= 0.6 is 0 Å². The third-order valence-electron chi connectivity index (χ3n) is 7.29. The van der Waals surface area contributed by atoms with Crippen molar-refractivity contribution in [3.8, 4) is 33.5 Å². The first-order valence-electron chi connectivity index (χ1n) is 10.9. The molecule has 0 saturated carbocycles. The highest BCUT2D eigenvalue weighted by atomic mass is 14.9. The van der Waals surface area contributed by atoms with Crippen molar-refractivity contribution in [3.63, 3.8) is 0 Å². The van der Waals surface area contributed by atoms with Crippen molar-refractivity contribution < 1.29 is 4.57 Å². The van der Waals surface area contributed by atoms with Gasteiger partial charge in [0, 0.05) is 11.6 Å². The summed E-state index contributed by atoms with van der Waals surface area (Å²) in [5, 5.41) is 0. The summed E-state index contributed by atoms with van der Waals surface area (Å²) in [6.07, 6.45) is 4.33. The Bertz CT molecular complexity index is 1370. The number of rotatable bonds is 1. The molecule has 6 rings (SSSR count). The zero-order chi connectivity index (χ0) is 20.6. The summed E-state index contributed by atoms with van der Waals surface area (Å²) in [5.74, 6) is 0. The van der Waals surface area contributed by atoms with Gasteiger partial charge in [0.2, 0.25) is 5.69 Å². The Hall–Kier alpha value is -3.19. The number of hydrogen-bond donors (Lipinski definition) is 0. The van der Waals surface area contributed by atoms with Crippen molar-refractivity contribution in [2.24, 2.45) is 7.05 Å². The van der Waals surface area contributed by atoms with Crippen LogP contribution < -0.4 is 4.57 Å². The van der Waals surface area contributed by atoms with E-state index in [1.165, 1.54) is 72.5 Å². The van der Waals surface area contributed by atoms with Crippen LogP contribution in [0.25, 0.3) is 33.5 Å². The van der Waals surface area contributed by atoms with Gasteiger partial charge in [0.25, 0.3) is 0 Å². The van der Waals surface area contributed by atoms with Gasteiger partial charge in [0.05, 0.1) is 5.56 Å². The minimum Gasteiger partial charge on any atom is -0.201 e. The highest BCUT2D eigenvalue weighted by molar-refractivity contribution is 6.00. The zero-order valence-electron chi connectivity index (χ0n) is 18.1. The van der Waals surface area contributed by atoms with E-state index in [2.05, 4.69) is 93.2 Å². The van der Waals surface area contributed by atoms with E-state index in [1.54, 1.807) is 0 Å². The van der Waals surface area contributed by atoms with Gasteiger partial charge in [-0.1, -0.05) is 48.5 Å². The predicted molar refractivity (Wildman–Crippen MR) is 124 cm³/mol. The molecule has 0 aliphatic heterocycles. The summed E-state index contributed by atoms with van der Waals surface area (Å²) >= 11 is 0.